The zero-order chi connectivity index (χ0) is 31.5. The molecule has 45 heavy (non-hydrogen) atoms. The fourth-order valence-electron chi connectivity index (χ4n) is 6.82. The Bertz CT molecular complexity index is 1790. The summed E-state index contributed by atoms with van der Waals surface area (Å²) >= 11 is 0. The van der Waals surface area contributed by atoms with Gasteiger partial charge in [0.15, 0.2) is 17.1 Å². The number of ether oxygens (including phenoxy) is 2. The number of aryl methyl sites for hydroxylation is 1. The minimum atomic E-state index is -2.91. The fraction of sp³-hybridized carbons (Fsp3) is 0.344. The van der Waals surface area contributed by atoms with E-state index in [9.17, 15) is 28.4 Å². The van der Waals surface area contributed by atoms with Gasteiger partial charge in [-0.2, -0.15) is 5.26 Å². The van der Waals surface area contributed by atoms with E-state index in [0.29, 0.717) is 12.0 Å². The molecule has 3 aromatic rings. The first-order valence-corrected chi connectivity index (χ1v) is 14.5. The Balaban J connectivity index is 1.39. The van der Waals surface area contributed by atoms with Crippen LogP contribution in [-0.2, 0) is 26.3 Å². The van der Waals surface area contributed by atoms with Gasteiger partial charge in [-0.15, -0.1) is 0 Å². The SMILES string of the molecule is N#Cc1ccnc(N2C(=O)CC[C@H]2C(=O)N(c2cc(F)c3c(c2)OCO3)[C@@]2(C(=O)NC3CC(F)(F)C3)CCc3ccccc32)c1. The molecular weight excluding hydrogens is 591 g/mol. The second-order valence-corrected chi connectivity index (χ2v) is 11.6. The fourth-order valence-corrected chi connectivity index (χ4v) is 6.82. The van der Waals surface area contributed by atoms with Crippen molar-refractivity contribution in [2.45, 2.75) is 62.1 Å². The first-order valence-electron chi connectivity index (χ1n) is 14.5. The normalized spacial score (nSPS) is 22.8. The average Bonchev–Trinajstić information content (AvgIpc) is 3.74. The lowest BCUT2D eigenvalue weighted by molar-refractivity contribution is -0.137. The van der Waals surface area contributed by atoms with Gasteiger partial charge in [0.25, 0.3) is 17.7 Å². The maximum absolute atomic E-state index is 15.5. The molecule has 1 saturated carbocycles. The van der Waals surface area contributed by atoms with Gasteiger partial charge in [0.2, 0.25) is 18.4 Å². The highest BCUT2D eigenvalue weighted by Crippen LogP contribution is 2.49. The number of halogens is 3. The molecule has 2 aliphatic heterocycles. The van der Waals surface area contributed by atoms with Crippen molar-refractivity contribution in [2.75, 3.05) is 16.6 Å². The topological polar surface area (TPSA) is 125 Å². The highest BCUT2D eigenvalue weighted by molar-refractivity contribution is 6.12. The van der Waals surface area contributed by atoms with Gasteiger partial charge < -0.3 is 14.8 Å². The highest BCUT2D eigenvalue weighted by atomic mass is 19.3. The van der Waals surface area contributed by atoms with Crippen LogP contribution in [0.5, 0.6) is 11.5 Å². The van der Waals surface area contributed by atoms with Crippen molar-refractivity contribution >= 4 is 29.2 Å². The molecule has 0 unspecified atom stereocenters. The van der Waals surface area contributed by atoms with Crippen molar-refractivity contribution in [1.82, 2.24) is 10.3 Å². The standard InChI is InChI=1S/C32H26F3N5O5/c33-23-12-21(13-25-28(23)45-17-44-25)40(29(42)24-5-6-27(41)39(24)26-11-18(16-36)8-10-37-26)32(9-7-19-3-1-2-4-22(19)32)30(43)38-20-14-31(34,35)15-20/h1-4,8,10-13,20,24H,5-7,9,14-15,17H2,(H,38,43)/t24-,32-/m0/s1. The number of carbonyl (C=O) groups is 3. The molecule has 1 aromatic heterocycles. The first kappa shape index (κ1) is 28.6. The largest absolute Gasteiger partial charge is 0.453 e. The van der Waals surface area contributed by atoms with Crippen LogP contribution in [0.15, 0.2) is 54.7 Å². The molecule has 0 radical (unpaired) electrons. The van der Waals surface area contributed by atoms with Crippen molar-refractivity contribution in [3.05, 3.63) is 77.2 Å². The molecule has 0 spiro atoms. The second-order valence-electron chi connectivity index (χ2n) is 11.6. The number of pyridine rings is 1. The van der Waals surface area contributed by atoms with Gasteiger partial charge >= 0.3 is 0 Å². The molecule has 3 heterocycles. The van der Waals surface area contributed by atoms with Crippen molar-refractivity contribution in [2.24, 2.45) is 0 Å². The van der Waals surface area contributed by atoms with E-state index in [0.717, 1.165) is 11.6 Å². The predicted molar refractivity (Wildman–Crippen MR) is 152 cm³/mol. The summed E-state index contributed by atoms with van der Waals surface area (Å²) in [5, 5.41) is 12.2. The third-order valence-electron chi connectivity index (χ3n) is 8.91. The van der Waals surface area contributed by atoms with Crippen LogP contribution in [0.4, 0.5) is 24.7 Å². The number of nitriles is 1. The number of anilines is 2. The number of hydrogen-bond acceptors (Lipinski definition) is 7. The van der Waals surface area contributed by atoms with E-state index in [1.165, 1.54) is 34.2 Å². The van der Waals surface area contributed by atoms with Crippen LogP contribution in [-0.4, -0.2) is 47.5 Å². The number of amides is 3. The van der Waals surface area contributed by atoms with Gasteiger partial charge in [-0.05, 0) is 42.5 Å². The summed E-state index contributed by atoms with van der Waals surface area (Å²) in [5.41, 5.74) is -0.393. The maximum Gasteiger partial charge on any atom is 0.252 e. The minimum Gasteiger partial charge on any atom is -0.453 e. The second kappa shape index (κ2) is 10.5. The van der Waals surface area contributed by atoms with Crippen LogP contribution >= 0.6 is 0 Å². The zero-order valence-corrected chi connectivity index (χ0v) is 23.8. The molecule has 1 N–H and O–H groups in total. The van der Waals surface area contributed by atoms with Crippen molar-refractivity contribution < 1.29 is 37.0 Å². The lowest BCUT2D eigenvalue weighted by Gasteiger charge is -2.45. The number of nitrogens with one attached hydrogen (secondary N) is 1. The van der Waals surface area contributed by atoms with Crippen LogP contribution in [0, 0.1) is 17.1 Å². The molecule has 1 saturated heterocycles. The monoisotopic (exact) mass is 617 g/mol. The number of nitrogens with zero attached hydrogens (tertiary/aromatic N) is 4. The number of fused-ring (bicyclic) bond motifs is 2. The number of rotatable bonds is 6. The first-order chi connectivity index (χ1) is 21.6. The van der Waals surface area contributed by atoms with Crippen LogP contribution in [0.2, 0.25) is 0 Å². The third kappa shape index (κ3) is 4.63. The lowest BCUT2D eigenvalue weighted by atomic mass is 9.83. The summed E-state index contributed by atoms with van der Waals surface area (Å²) in [6, 6.07) is 12.3. The zero-order valence-electron chi connectivity index (χ0n) is 23.8. The summed E-state index contributed by atoms with van der Waals surface area (Å²) in [6.45, 7) is -0.250. The van der Waals surface area contributed by atoms with Crippen LogP contribution in [0.3, 0.4) is 0 Å². The minimum absolute atomic E-state index is 0.0195. The smallest absolute Gasteiger partial charge is 0.252 e. The molecule has 2 atom stereocenters. The van der Waals surface area contributed by atoms with E-state index in [2.05, 4.69) is 10.3 Å². The Labute approximate surface area is 255 Å². The Morgan fingerprint density at radius 3 is 2.69 bits per heavy atom. The number of alkyl halides is 2. The quantitative estimate of drug-likeness (QED) is 0.442. The summed E-state index contributed by atoms with van der Waals surface area (Å²) < 4.78 is 53.8. The molecule has 7 rings (SSSR count). The van der Waals surface area contributed by atoms with Gasteiger partial charge in [0.1, 0.15) is 11.9 Å². The Morgan fingerprint density at radius 1 is 1.11 bits per heavy atom. The van der Waals surface area contributed by atoms with Gasteiger partial charge in [-0.1, -0.05) is 24.3 Å². The third-order valence-corrected chi connectivity index (χ3v) is 8.91. The molecule has 230 valence electrons. The van der Waals surface area contributed by atoms with Gasteiger partial charge in [-0.3, -0.25) is 24.2 Å². The molecule has 4 aliphatic rings. The average molecular weight is 618 g/mol. The van der Waals surface area contributed by atoms with Crippen LogP contribution in [0.25, 0.3) is 0 Å². The predicted octanol–water partition coefficient (Wildman–Crippen LogP) is 4.11. The number of aromatic nitrogens is 1. The molecule has 0 bridgehead atoms. The van der Waals surface area contributed by atoms with Crippen molar-refractivity contribution in [3.8, 4) is 17.6 Å². The summed E-state index contributed by atoms with van der Waals surface area (Å²) in [4.78, 5) is 49.3. The van der Waals surface area contributed by atoms with Gasteiger partial charge in [0, 0.05) is 43.6 Å². The van der Waals surface area contributed by atoms with E-state index in [1.54, 1.807) is 18.2 Å². The van der Waals surface area contributed by atoms with E-state index in [-0.39, 0.29) is 54.6 Å². The summed E-state index contributed by atoms with van der Waals surface area (Å²) in [5.74, 6) is -5.63. The van der Waals surface area contributed by atoms with Crippen LogP contribution in [0.1, 0.15) is 48.8 Å². The van der Waals surface area contributed by atoms with Crippen LogP contribution < -0.4 is 24.6 Å². The molecular formula is C32H26F3N5O5. The van der Waals surface area contributed by atoms with Crippen molar-refractivity contribution in [1.29, 1.82) is 5.26 Å². The number of hydrogen-bond donors (Lipinski definition) is 1. The summed E-state index contributed by atoms with van der Waals surface area (Å²) in [7, 11) is 0. The molecule has 2 aliphatic carbocycles. The van der Waals surface area contributed by atoms with E-state index in [4.69, 9.17) is 9.47 Å². The van der Waals surface area contributed by atoms with E-state index < -0.39 is 59.9 Å². The summed E-state index contributed by atoms with van der Waals surface area (Å²) in [6.07, 6.45) is 0.706. The highest BCUT2D eigenvalue weighted by Gasteiger charge is 2.57. The van der Waals surface area contributed by atoms with Gasteiger partial charge in [-0.25, -0.2) is 18.2 Å². The van der Waals surface area contributed by atoms with Gasteiger partial charge in [0.05, 0.1) is 17.3 Å². The maximum atomic E-state index is 15.5. The molecule has 10 nitrogen and oxygen atoms in total. The van der Waals surface area contributed by atoms with E-state index >= 15 is 4.39 Å². The molecule has 3 amide bonds. The Kier molecular flexibility index (Phi) is 6.68. The molecule has 13 heteroatoms. The Morgan fingerprint density at radius 2 is 1.91 bits per heavy atom. The Hall–Kier alpha value is -5.12. The van der Waals surface area contributed by atoms with Crippen molar-refractivity contribution in [3.63, 3.8) is 0 Å². The number of carbonyl (C=O) groups excluding carboxylic acids is 3. The molecule has 2 fully saturated rings. The number of benzene rings is 2. The lowest BCUT2D eigenvalue weighted by Crippen LogP contribution is -2.64. The van der Waals surface area contributed by atoms with E-state index in [1.807, 2.05) is 12.1 Å². The molecule has 2 aromatic carbocycles.